The lowest BCUT2D eigenvalue weighted by molar-refractivity contribution is 0.449. The van der Waals surface area contributed by atoms with E-state index in [9.17, 15) is 0 Å². The summed E-state index contributed by atoms with van der Waals surface area (Å²) in [4.78, 5) is 0. The highest BCUT2D eigenvalue weighted by Crippen LogP contribution is 2.06. The minimum absolute atomic E-state index is 0.0295. The molecule has 3 N–H and O–H groups in total. The summed E-state index contributed by atoms with van der Waals surface area (Å²) in [5, 5.41) is 3.47. The lowest BCUT2D eigenvalue weighted by Gasteiger charge is -2.17. The first-order valence-corrected chi connectivity index (χ1v) is 6.52. The van der Waals surface area contributed by atoms with Gasteiger partial charge in [0.2, 0.25) is 0 Å². The normalized spacial score (nSPS) is 11.8. The fraction of sp³-hybridized carbons (Fsp3) is 0.600. The third-order valence-electron chi connectivity index (χ3n) is 2.85. The van der Waals surface area contributed by atoms with E-state index in [1.165, 1.54) is 11.1 Å². The molecule has 0 atom stereocenters. The smallest absolute Gasteiger partial charge is 0.00975 e. The standard InChI is InChI=1S/C15H26N2/c1-13-6-4-7-14(12-13)8-11-17-10-5-9-15(2,3)16/h4,6-7,12,17H,5,8-11,16H2,1-3H3. The molecule has 0 heterocycles. The van der Waals surface area contributed by atoms with Crippen molar-refractivity contribution in [1.29, 1.82) is 0 Å². The average Bonchev–Trinajstić information content (AvgIpc) is 2.22. The molecule has 0 fully saturated rings. The molecule has 17 heavy (non-hydrogen) atoms. The molecule has 1 aromatic rings. The molecule has 0 spiro atoms. The van der Waals surface area contributed by atoms with Crippen molar-refractivity contribution >= 4 is 0 Å². The summed E-state index contributed by atoms with van der Waals surface area (Å²) in [7, 11) is 0. The van der Waals surface area contributed by atoms with Gasteiger partial charge in [0, 0.05) is 5.54 Å². The monoisotopic (exact) mass is 234 g/mol. The lowest BCUT2D eigenvalue weighted by Crippen LogP contribution is -2.33. The molecular weight excluding hydrogens is 208 g/mol. The van der Waals surface area contributed by atoms with Crippen LogP contribution in [-0.2, 0) is 6.42 Å². The van der Waals surface area contributed by atoms with Gasteiger partial charge in [0.25, 0.3) is 0 Å². The summed E-state index contributed by atoms with van der Waals surface area (Å²) >= 11 is 0. The Hall–Kier alpha value is -0.860. The van der Waals surface area contributed by atoms with E-state index in [1.54, 1.807) is 0 Å². The van der Waals surface area contributed by atoms with Gasteiger partial charge in [-0.25, -0.2) is 0 Å². The highest BCUT2D eigenvalue weighted by molar-refractivity contribution is 5.22. The first-order chi connectivity index (χ1) is 7.97. The molecule has 0 aromatic heterocycles. The molecule has 0 saturated carbocycles. The molecule has 0 aliphatic heterocycles. The van der Waals surface area contributed by atoms with E-state index in [0.717, 1.165) is 32.4 Å². The summed E-state index contributed by atoms with van der Waals surface area (Å²) in [6.45, 7) is 8.42. The van der Waals surface area contributed by atoms with Gasteiger partial charge in [-0.3, -0.25) is 0 Å². The van der Waals surface area contributed by atoms with Crippen LogP contribution in [0.3, 0.4) is 0 Å². The first-order valence-electron chi connectivity index (χ1n) is 6.52. The molecule has 2 heteroatoms. The Morgan fingerprint density at radius 3 is 2.65 bits per heavy atom. The van der Waals surface area contributed by atoms with Crippen LogP contribution < -0.4 is 11.1 Å². The van der Waals surface area contributed by atoms with Crippen LogP contribution in [0.4, 0.5) is 0 Å². The SMILES string of the molecule is Cc1cccc(CCNCCCC(C)(C)N)c1. The van der Waals surface area contributed by atoms with Crippen molar-refractivity contribution in [2.45, 2.75) is 45.6 Å². The minimum atomic E-state index is -0.0295. The number of aryl methyl sites for hydroxylation is 1. The molecule has 1 aromatic carbocycles. The Morgan fingerprint density at radius 2 is 2.00 bits per heavy atom. The maximum atomic E-state index is 5.93. The van der Waals surface area contributed by atoms with Crippen LogP contribution in [0, 0.1) is 6.92 Å². The van der Waals surface area contributed by atoms with Crippen molar-refractivity contribution in [3.8, 4) is 0 Å². The molecule has 0 aliphatic rings. The van der Waals surface area contributed by atoms with Crippen molar-refractivity contribution in [2.75, 3.05) is 13.1 Å². The second kappa shape index (κ2) is 6.77. The predicted molar refractivity (Wildman–Crippen MR) is 75.3 cm³/mol. The van der Waals surface area contributed by atoms with Gasteiger partial charge in [0.1, 0.15) is 0 Å². The van der Waals surface area contributed by atoms with E-state index >= 15 is 0 Å². The van der Waals surface area contributed by atoms with Crippen molar-refractivity contribution in [1.82, 2.24) is 5.32 Å². The fourth-order valence-corrected chi connectivity index (χ4v) is 1.89. The largest absolute Gasteiger partial charge is 0.326 e. The van der Waals surface area contributed by atoms with Crippen molar-refractivity contribution < 1.29 is 0 Å². The Morgan fingerprint density at radius 1 is 1.24 bits per heavy atom. The molecule has 0 aliphatic carbocycles. The van der Waals surface area contributed by atoms with Gasteiger partial charge in [-0.1, -0.05) is 29.8 Å². The summed E-state index contributed by atoms with van der Waals surface area (Å²) in [6.07, 6.45) is 3.33. The number of benzene rings is 1. The van der Waals surface area contributed by atoms with Crippen LogP contribution in [0.15, 0.2) is 24.3 Å². The van der Waals surface area contributed by atoms with Gasteiger partial charge in [-0.15, -0.1) is 0 Å². The van der Waals surface area contributed by atoms with Gasteiger partial charge in [-0.05, 0) is 58.7 Å². The first kappa shape index (κ1) is 14.2. The average molecular weight is 234 g/mol. The number of hydrogen-bond acceptors (Lipinski definition) is 2. The van der Waals surface area contributed by atoms with Crippen LogP contribution >= 0.6 is 0 Å². The lowest BCUT2D eigenvalue weighted by atomic mass is 10.0. The van der Waals surface area contributed by atoms with Gasteiger partial charge >= 0.3 is 0 Å². The molecule has 96 valence electrons. The van der Waals surface area contributed by atoms with Gasteiger partial charge < -0.3 is 11.1 Å². The molecular formula is C15H26N2. The maximum absolute atomic E-state index is 5.93. The Labute approximate surface area is 106 Å². The highest BCUT2D eigenvalue weighted by Gasteiger charge is 2.08. The number of rotatable bonds is 7. The molecule has 0 radical (unpaired) electrons. The molecule has 0 bridgehead atoms. The van der Waals surface area contributed by atoms with Crippen LogP contribution in [0.1, 0.15) is 37.8 Å². The van der Waals surface area contributed by atoms with Gasteiger partial charge in [-0.2, -0.15) is 0 Å². The Bertz CT molecular complexity index is 326. The number of nitrogens with one attached hydrogen (secondary N) is 1. The molecule has 1 rings (SSSR count). The van der Waals surface area contributed by atoms with Crippen molar-refractivity contribution in [3.05, 3.63) is 35.4 Å². The summed E-state index contributed by atoms with van der Waals surface area (Å²) in [5.41, 5.74) is 8.65. The van der Waals surface area contributed by atoms with E-state index in [0.29, 0.717) is 0 Å². The zero-order valence-corrected chi connectivity index (χ0v) is 11.4. The molecule has 0 amide bonds. The molecule has 2 nitrogen and oxygen atoms in total. The Kier molecular flexibility index (Phi) is 5.66. The summed E-state index contributed by atoms with van der Waals surface area (Å²) < 4.78 is 0. The topological polar surface area (TPSA) is 38.0 Å². The van der Waals surface area contributed by atoms with E-state index in [4.69, 9.17) is 5.73 Å². The van der Waals surface area contributed by atoms with Crippen molar-refractivity contribution in [2.24, 2.45) is 5.73 Å². The zero-order valence-electron chi connectivity index (χ0n) is 11.4. The molecule has 0 saturated heterocycles. The van der Waals surface area contributed by atoms with Crippen molar-refractivity contribution in [3.63, 3.8) is 0 Å². The maximum Gasteiger partial charge on any atom is 0.00975 e. The van der Waals surface area contributed by atoms with Gasteiger partial charge in [0.05, 0.1) is 0 Å². The van der Waals surface area contributed by atoms with Crippen LogP contribution in [0.25, 0.3) is 0 Å². The van der Waals surface area contributed by atoms with Crippen LogP contribution in [0.2, 0.25) is 0 Å². The van der Waals surface area contributed by atoms with E-state index in [-0.39, 0.29) is 5.54 Å². The Balaban J connectivity index is 2.09. The second-order valence-electron chi connectivity index (χ2n) is 5.58. The quantitative estimate of drug-likeness (QED) is 0.712. The number of hydrogen-bond donors (Lipinski definition) is 2. The zero-order chi connectivity index (χ0) is 12.7. The van der Waals surface area contributed by atoms with E-state index in [1.807, 2.05) is 0 Å². The van der Waals surface area contributed by atoms with Gasteiger partial charge in [0.15, 0.2) is 0 Å². The van der Waals surface area contributed by atoms with Crippen LogP contribution in [-0.4, -0.2) is 18.6 Å². The molecule has 0 unspecified atom stereocenters. The highest BCUT2D eigenvalue weighted by atomic mass is 14.8. The van der Waals surface area contributed by atoms with E-state index < -0.39 is 0 Å². The van der Waals surface area contributed by atoms with E-state index in [2.05, 4.69) is 50.4 Å². The van der Waals surface area contributed by atoms with Crippen LogP contribution in [0.5, 0.6) is 0 Å². The number of nitrogens with two attached hydrogens (primary N) is 1. The minimum Gasteiger partial charge on any atom is -0.326 e. The summed E-state index contributed by atoms with van der Waals surface area (Å²) in [5.74, 6) is 0. The fourth-order valence-electron chi connectivity index (χ4n) is 1.89. The predicted octanol–water partition coefficient (Wildman–Crippen LogP) is 2.64. The second-order valence-corrected chi connectivity index (χ2v) is 5.58. The summed E-state index contributed by atoms with van der Waals surface area (Å²) in [6, 6.07) is 8.71. The third kappa shape index (κ3) is 7.14. The third-order valence-corrected chi connectivity index (χ3v) is 2.85.